The molecule has 0 bridgehead atoms. The first-order chi connectivity index (χ1) is 5.25. The lowest BCUT2D eigenvalue weighted by Gasteiger charge is -2.15. The van der Waals surface area contributed by atoms with Crippen molar-refractivity contribution >= 4 is 11.6 Å². The molecular formula is C10H11Cl. The van der Waals surface area contributed by atoms with Crippen LogP contribution in [0.4, 0.5) is 0 Å². The van der Waals surface area contributed by atoms with Gasteiger partial charge in [-0.05, 0) is 17.2 Å². The van der Waals surface area contributed by atoms with Crippen LogP contribution in [0.5, 0.6) is 0 Å². The summed E-state index contributed by atoms with van der Waals surface area (Å²) in [6.45, 7) is 6.04. The summed E-state index contributed by atoms with van der Waals surface area (Å²) in [5.41, 5.74) is 3.89. The molecule has 1 heteroatoms. The largest absolute Gasteiger partial charge is 0.0952 e. The fourth-order valence-corrected chi connectivity index (χ4v) is 1.20. The molecule has 0 nitrogen and oxygen atoms in total. The van der Waals surface area contributed by atoms with Crippen LogP contribution in [0.2, 0.25) is 0 Å². The molecular weight excluding hydrogens is 156 g/mol. The Labute approximate surface area is 72.6 Å². The lowest BCUT2D eigenvalue weighted by Crippen LogP contribution is -2.01. The van der Waals surface area contributed by atoms with Crippen LogP contribution in [-0.2, 0) is 0 Å². The summed E-state index contributed by atoms with van der Waals surface area (Å²) in [7, 11) is 0. The summed E-state index contributed by atoms with van der Waals surface area (Å²) in [5, 5.41) is 0. The minimum atomic E-state index is 0.398. The molecule has 1 rings (SSSR count). The standard InChI is InChI=1S/C10H11Cl/c1-8-4-3-5-10(6-7-11)9(8)2/h3-7,9H,1H2,2H3. The van der Waals surface area contributed by atoms with Gasteiger partial charge in [0.25, 0.3) is 0 Å². The van der Waals surface area contributed by atoms with Crippen LogP contribution in [0.25, 0.3) is 0 Å². The van der Waals surface area contributed by atoms with E-state index >= 15 is 0 Å². The van der Waals surface area contributed by atoms with Crippen LogP contribution < -0.4 is 0 Å². The van der Waals surface area contributed by atoms with Gasteiger partial charge in [-0.25, -0.2) is 0 Å². The zero-order chi connectivity index (χ0) is 8.27. The maximum atomic E-state index is 5.47. The molecule has 1 aliphatic rings. The zero-order valence-corrected chi connectivity index (χ0v) is 7.31. The Kier molecular flexibility index (Phi) is 2.72. The van der Waals surface area contributed by atoms with E-state index in [1.165, 1.54) is 11.1 Å². The predicted octanol–water partition coefficient (Wildman–Crippen LogP) is 3.43. The molecule has 11 heavy (non-hydrogen) atoms. The summed E-state index contributed by atoms with van der Waals surface area (Å²) in [6.07, 6.45) is 7.98. The summed E-state index contributed by atoms with van der Waals surface area (Å²) < 4.78 is 0. The third-order valence-electron chi connectivity index (χ3n) is 1.91. The van der Waals surface area contributed by atoms with E-state index in [4.69, 9.17) is 11.6 Å². The summed E-state index contributed by atoms with van der Waals surface area (Å²) >= 11 is 5.47. The highest BCUT2D eigenvalue weighted by molar-refractivity contribution is 6.25. The first kappa shape index (κ1) is 8.35. The van der Waals surface area contributed by atoms with Crippen molar-refractivity contribution < 1.29 is 0 Å². The molecule has 58 valence electrons. The van der Waals surface area contributed by atoms with Crippen molar-refractivity contribution in [2.24, 2.45) is 5.92 Å². The Balaban J connectivity index is 2.86. The number of allylic oxidation sites excluding steroid dienone is 6. The highest BCUT2D eigenvalue weighted by atomic mass is 35.5. The Hall–Kier alpha value is -0.750. The van der Waals surface area contributed by atoms with E-state index in [2.05, 4.69) is 19.6 Å². The molecule has 1 unspecified atom stereocenters. The van der Waals surface area contributed by atoms with E-state index in [0.29, 0.717) is 5.92 Å². The normalized spacial score (nSPS) is 24.4. The molecule has 1 aliphatic carbocycles. The molecule has 0 radical (unpaired) electrons. The maximum Gasteiger partial charge on any atom is 0.00554 e. The summed E-state index contributed by atoms with van der Waals surface area (Å²) in [5.74, 6) is 0.398. The molecule has 0 saturated heterocycles. The molecule has 0 saturated carbocycles. The topological polar surface area (TPSA) is 0 Å². The number of hydrogen-bond acceptors (Lipinski definition) is 0. The van der Waals surface area contributed by atoms with E-state index in [0.717, 1.165) is 5.57 Å². The van der Waals surface area contributed by atoms with Gasteiger partial charge in [0.2, 0.25) is 0 Å². The monoisotopic (exact) mass is 166 g/mol. The van der Waals surface area contributed by atoms with Gasteiger partial charge in [0.15, 0.2) is 0 Å². The van der Waals surface area contributed by atoms with Crippen LogP contribution in [0.1, 0.15) is 6.92 Å². The Bertz CT molecular complexity index is 244. The number of halogens is 1. The van der Waals surface area contributed by atoms with Crippen LogP contribution in [-0.4, -0.2) is 0 Å². The van der Waals surface area contributed by atoms with E-state index in [1.54, 1.807) is 0 Å². The molecule has 0 aromatic heterocycles. The third kappa shape index (κ3) is 1.84. The molecule has 0 heterocycles. The first-order valence-electron chi connectivity index (χ1n) is 3.59. The smallest absolute Gasteiger partial charge is 0.00554 e. The summed E-state index contributed by atoms with van der Waals surface area (Å²) in [6, 6.07) is 0. The Morgan fingerprint density at radius 1 is 1.64 bits per heavy atom. The molecule has 1 atom stereocenters. The zero-order valence-electron chi connectivity index (χ0n) is 6.55. The number of hydrogen-bond donors (Lipinski definition) is 0. The van der Waals surface area contributed by atoms with Gasteiger partial charge >= 0.3 is 0 Å². The molecule has 0 amide bonds. The predicted molar refractivity (Wildman–Crippen MR) is 50.5 cm³/mol. The van der Waals surface area contributed by atoms with Crippen LogP contribution in [0.15, 0.2) is 47.6 Å². The third-order valence-corrected chi connectivity index (χ3v) is 2.04. The average molecular weight is 167 g/mol. The second-order valence-corrected chi connectivity index (χ2v) is 2.87. The van der Waals surface area contributed by atoms with Gasteiger partial charge in [-0.2, -0.15) is 0 Å². The van der Waals surface area contributed by atoms with Crippen LogP contribution in [0.3, 0.4) is 0 Å². The molecule has 0 spiro atoms. The molecule has 0 fully saturated rings. The van der Waals surface area contributed by atoms with Crippen LogP contribution >= 0.6 is 11.6 Å². The van der Waals surface area contributed by atoms with Crippen molar-refractivity contribution in [1.82, 2.24) is 0 Å². The van der Waals surface area contributed by atoms with Crippen molar-refractivity contribution in [3.05, 3.63) is 47.6 Å². The Morgan fingerprint density at radius 3 is 3.00 bits per heavy atom. The highest BCUT2D eigenvalue weighted by Crippen LogP contribution is 2.24. The van der Waals surface area contributed by atoms with Crippen molar-refractivity contribution in [2.45, 2.75) is 6.92 Å². The summed E-state index contributed by atoms with van der Waals surface area (Å²) in [4.78, 5) is 0. The Morgan fingerprint density at radius 2 is 2.36 bits per heavy atom. The highest BCUT2D eigenvalue weighted by Gasteiger charge is 2.09. The van der Waals surface area contributed by atoms with Crippen molar-refractivity contribution in [3.8, 4) is 0 Å². The van der Waals surface area contributed by atoms with Gasteiger partial charge in [0.05, 0.1) is 0 Å². The van der Waals surface area contributed by atoms with Gasteiger partial charge in [0, 0.05) is 11.5 Å². The van der Waals surface area contributed by atoms with Crippen LogP contribution in [0, 0.1) is 5.92 Å². The lowest BCUT2D eigenvalue weighted by molar-refractivity contribution is 0.844. The molecule has 0 aromatic carbocycles. The van der Waals surface area contributed by atoms with E-state index < -0.39 is 0 Å². The minimum Gasteiger partial charge on any atom is -0.0952 e. The molecule has 0 aliphatic heterocycles. The minimum absolute atomic E-state index is 0.398. The van der Waals surface area contributed by atoms with E-state index in [-0.39, 0.29) is 0 Å². The van der Waals surface area contributed by atoms with Gasteiger partial charge < -0.3 is 0 Å². The van der Waals surface area contributed by atoms with E-state index in [9.17, 15) is 0 Å². The fourth-order valence-electron chi connectivity index (χ4n) is 1.06. The van der Waals surface area contributed by atoms with Crippen molar-refractivity contribution in [3.63, 3.8) is 0 Å². The van der Waals surface area contributed by atoms with Crippen molar-refractivity contribution in [1.29, 1.82) is 0 Å². The second kappa shape index (κ2) is 3.59. The van der Waals surface area contributed by atoms with Crippen molar-refractivity contribution in [2.75, 3.05) is 0 Å². The fraction of sp³-hybridized carbons (Fsp3) is 0.200. The molecule has 0 N–H and O–H groups in total. The maximum absolute atomic E-state index is 5.47. The van der Waals surface area contributed by atoms with Gasteiger partial charge in [-0.3, -0.25) is 0 Å². The molecule has 0 aromatic rings. The van der Waals surface area contributed by atoms with E-state index in [1.807, 2.05) is 18.2 Å². The second-order valence-electron chi connectivity index (χ2n) is 2.62. The SMILES string of the molecule is C=C1C=CC=C(C=CCl)C1C. The average Bonchev–Trinajstić information content (AvgIpc) is 1.99. The van der Waals surface area contributed by atoms with Gasteiger partial charge in [0.1, 0.15) is 0 Å². The van der Waals surface area contributed by atoms with Gasteiger partial charge in [-0.1, -0.05) is 43.3 Å². The first-order valence-corrected chi connectivity index (χ1v) is 4.03. The lowest BCUT2D eigenvalue weighted by atomic mass is 9.90. The quantitative estimate of drug-likeness (QED) is 0.560. The van der Waals surface area contributed by atoms with Gasteiger partial charge in [-0.15, -0.1) is 0 Å². The number of rotatable bonds is 1.